The Morgan fingerprint density at radius 1 is 1.80 bits per heavy atom. The van der Waals surface area contributed by atoms with Crippen molar-refractivity contribution in [3.05, 3.63) is 11.6 Å². The van der Waals surface area contributed by atoms with Gasteiger partial charge in [0.1, 0.15) is 0 Å². The van der Waals surface area contributed by atoms with Crippen LogP contribution in [-0.4, -0.2) is 17.0 Å². The third kappa shape index (κ3) is 2.06. The Kier molecular flexibility index (Phi) is 2.38. The molecule has 0 aromatic rings. The van der Waals surface area contributed by atoms with Gasteiger partial charge < -0.3 is 5.32 Å². The van der Waals surface area contributed by atoms with Crippen molar-refractivity contribution >= 4 is 17.7 Å². The molecule has 1 aliphatic heterocycles. The van der Waals surface area contributed by atoms with Crippen LogP contribution in [0, 0.1) is 0 Å². The molecule has 1 amide bonds. The third-order valence-corrected chi connectivity index (χ3v) is 2.20. The van der Waals surface area contributed by atoms with E-state index in [1.165, 1.54) is 0 Å². The van der Waals surface area contributed by atoms with Gasteiger partial charge in [0.25, 0.3) is 0 Å². The molecular weight excluding hydrogens is 146 g/mol. The van der Waals surface area contributed by atoms with E-state index in [1.807, 2.05) is 19.9 Å². The maximum Gasteiger partial charge on any atom is 0.247 e. The van der Waals surface area contributed by atoms with Gasteiger partial charge in [0, 0.05) is 11.3 Å². The van der Waals surface area contributed by atoms with Gasteiger partial charge in [-0.2, -0.15) is 0 Å². The van der Waals surface area contributed by atoms with E-state index >= 15 is 0 Å². The highest BCUT2D eigenvalue weighted by molar-refractivity contribution is 8.06. The molecule has 10 heavy (non-hydrogen) atoms. The fraction of sp³-hybridized carbons (Fsp3) is 0.571. The SMILES string of the molecule is CC=C(C)C(=O)NC1CS1. The Morgan fingerprint density at radius 3 is 2.80 bits per heavy atom. The molecule has 0 aromatic heterocycles. The van der Waals surface area contributed by atoms with Crippen LogP contribution in [0.5, 0.6) is 0 Å². The minimum atomic E-state index is 0.0671. The van der Waals surface area contributed by atoms with Crippen molar-refractivity contribution in [2.24, 2.45) is 0 Å². The lowest BCUT2D eigenvalue weighted by Crippen LogP contribution is -2.25. The van der Waals surface area contributed by atoms with E-state index in [9.17, 15) is 4.79 Å². The molecule has 0 saturated carbocycles. The minimum absolute atomic E-state index is 0.0671. The Balaban J connectivity index is 2.32. The first-order valence-electron chi connectivity index (χ1n) is 3.29. The Labute approximate surface area is 65.1 Å². The number of rotatable bonds is 2. The fourth-order valence-corrected chi connectivity index (χ4v) is 0.893. The molecule has 1 unspecified atom stereocenters. The van der Waals surface area contributed by atoms with Gasteiger partial charge in [0.15, 0.2) is 0 Å². The number of hydrogen-bond acceptors (Lipinski definition) is 2. The lowest BCUT2D eigenvalue weighted by atomic mass is 10.3. The lowest BCUT2D eigenvalue weighted by Gasteiger charge is -1.99. The molecular formula is C7H11NOS. The van der Waals surface area contributed by atoms with Crippen LogP contribution in [0.4, 0.5) is 0 Å². The highest BCUT2D eigenvalue weighted by Gasteiger charge is 2.24. The maximum atomic E-state index is 11.0. The molecule has 1 saturated heterocycles. The van der Waals surface area contributed by atoms with Gasteiger partial charge >= 0.3 is 0 Å². The topological polar surface area (TPSA) is 29.1 Å². The maximum absolute atomic E-state index is 11.0. The van der Waals surface area contributed by atoms with Crippen LogP contribution in [0.2, 0.25) is 0 Å². The second-order valence-electron chi connectivity index (χ2n) is 2.27. The Bertz CT molecular complexity index is 172. The molecule has 2 nitrogen and oxygen atoms in total. The normalized spacial score (nSPS) is 24.2. The molecule has 0 bridgehead atoms. The number of carbonyl (C=O) groups is 1. The fourth-order valence-electron chi connectivity index (χ4n) is 0.523. The summed E-state index contributed by atoms with van der Waals surface area (Å²) in [5.74, 6) is 1.14. The summed E-state index contributed by atoms with van der Waals surface area (Å²) < 4.78 is 0. The molecule has 1 heterocycles. The predicted molar refractivity (Wildman–Crippen MR) is 43.8 cm³/mol. The average Bonchev–Trinajstić information content (AvgIpc) is 2.70. The largest absolute Gasteiger partial charge is 0.340 e. The number of thioether (sulfide) groups is 1. The van der Waals surface area contributed by atoms with Crippen LogP contribution < -0.4 is 5.32 Å². The molecule has 1 atom stereocenters. The highest BCUT2D eigenvalue weighted by atomic mass is 32.2. The number of allylic oxidation sites excluding steroid dienone is 1. The number of amides is 1. The number of carbonyl (C=O) groups excluding carboxylic acids is 1. The van der Waals surface area contributed by atoms with Gasteiger partial charge in [-0.25, -0.2) is 0 Å². The molecule has 1 N–H and O–H groups in total. The van der Waals surface area contributed by atoms with Gasteiger partial charge in [0.2, 0.25) is 5.91 Å². The van der Waals surface area contributed by atoms with E-state index in [2.05, 4.69) is 5.32 Å². The van der Waals surface area contributed by atoms with E-state index < -0.39 is 0 Å². The quantitative estimate of drug-likeness (QED) is 0.481. The first-order valence-corrected chi connectivity index (χ1v) is 4.34. The number of hydrogen-bond donors (Lipinski definition) is 1. The van der Waals surface area contributed by atoms with Crippen molar-refractivity contribution in [3.8, 4) is 0 Å². The van der Waals surface area contributed by atoms with Gasteiger partial charge in [-0.3, -0.25) is 4.79 Å². The zero-order valence-electron chi connectivity index (χ0n) is 6.18. The highest BCUT2D eigenvalue weighted by Crippen LogP contribution is 2.26. The van der Waals surface area contributed by atoms with Crippen LogP contribution in [0.3, 0.4) is 0 Å². The first kappa shape index (κ1) is 7.66. The molecule has 0 aliphatic carbocycles. The van der Waals surface area contributed by atoms with Crippen LogP contribution in [0.1, 0.15) is 13.8 Å². The van der Waals surface area contributed by atoms with E-state index in [-0.39, 0.29) is 5.91 Å². The van der Waals surface area contributed by atoms with Crippen molar-refractivity contribution in [2.75, 3.05) is 5.75 Å². The second-order valence-corrected chi connectivity index (χ2v) is 3.50. The van der Waals surface area contributed by atoms with Gasteiger partial charge in [0.05, 0.1) is 5.37 Å². The van der Waals surface area contributed by atoms with Crippen molar-refractivity contribution in [3.63, 3.8) is 0 Å². The van der Waals surface area contributed by atoms with E-state index in [0.717, 1.165) is 11.3 Å². The van der Waals surface area contributed by atoms with Crippen LogP contribution in [-0.2, 0) is 4.79 Å². The summed E-state index contributed by atoms with van der Waals surface area (Å²) in [7, 11) is 0. The summed E-state index contributed by atoms with van der Waals surface area (Å²) >= 11 is 1.77. The summed E-state index contributed by atoms with van der Waals surface area (Å²) in [6, 6.07) is 0. The third-order valence-electron chi connectivity index (χ3n) is 1.42. The molecule has 0 spiro atoms. The molecule has 1 rings (SSSR count). The Morgan fingerprint density at radius 2 is 2.40 bits per heavy atom. The van der Waals surface area contributed by atoms with Gasteiger partial charge in [-0.1, -0.05) is 6.08 Å². The zero-order chi connectivity index (χ0) is 7.56. The van der Waals surface area contributed by atoms with Crippen LogP contribution in [0.25, 0.3) is 0 Å². The van der Waals surface area contributed by atoms with Crippen LogP contribution in [0.15, 0.2) is 11.6 Å². The van der Waals surface area contributed by atoms with E-state index in [4.69, 9.17) is 0 Å². The number of nitrogens with one attached hydrogen (secondary N) is 1. The smallest absolute Gasteiger partial charge is 0.247 e. The standard InChI is InChI=1S/C7H11NOS/c1-3-5(2)7(9)8-6-4-10-6/h3,6H,4H2,1-2H3,(H,8,9). The van der Waals surface area contributed by atoms with Crippen molar-refractivity contribution < 1.29 is 4.79 Å². The van der Waals surface area contributed by atoms with Crippen molar-refractivity contribution in [1.82, 2.24) is 5.32 Å². The molecule has 1 fully saturated rings. The summed E-state index contributed by atoms with van der Waals surface area (Å²) in [5, 5.41) is 3.25. The lowest BCUT2D eigenvalue weighted by molar-refractivity contribution is -0.117. The molecule has 3 heteroatoms. The summed E-state index contributed by atoms with van der Waals surface area (Å²) in [6.45, 7) is 3.69. The van der Waals surface area contributed by atoms with Gasteiger partial charge in [-0.05, 0) is 13.8 Å². The second kappa shape index (κ2) is 3.10. The van der Waals surface area contributed by atoms with Crippen molar-refractivity contribution in [1.29, 1.82) is 0 Å². The van der Waals surface area contributed by atoms with Gasteiger partial charge in [-0.15, -0.1) is 11.8 Å². The average molecular weight is 157 g/mol. The summed E-state index contributed by atoms with van der Waals surface area (Å²) in [6.07, 6.45) is 1.82. The van der Waals surface area contributed by atoms with Crippen molar-refractivity contribution in [2.45, 2.75) is 19.2 Å². The Hall–Kier alpha value is -0.440. The first-order chi connectivity index (χ1) is 4.74. The predicted octanol–water partition coefficient (Wildman–Crippen LogP) is 1.14. The van der Waals surface area contributed by atoms with E-state index in [0.29, 0.717) is 5.37 Å². The monoisotopic (exact) mass is 157 g/mol. The molecule has 0 aromatic carbocycles. The minimum Gasteiger partial charge on any atom is -0.340 e. The molecule has 1 aliphatic rings. The summed E-state index contributed by atoms with van der Waals surface area (Å²) in [5.41, 5.74) is 0.799. The van der Waals surface area contributed by atoms with Crippen LogP contribution >= 0.6 is 11.8 Å². The summed E-state index contributed by atoms with van der Waals surface area (Å²) in [4.78, 5) is 11.0. The van der Waals surface area contributed by atoms with E-state index in [1.54, 1.807) is 11.8 Å². The molecule has 56 valence electrons. The molecule has 0 radical (unpaired) electrons. The zero-order valence-corrected chi connectivity index (χ0v) is 6.99.